The highest BCUT2D eigenvalue weighted by molar-refractivity contribution is 7.80. The van der Waals surface area contributed by atoms with Crippen molar-refractivity contribution in [2.45, 2.75) is 65.2 Å². The predicted molar refractivity (Wildman–Crippen MR) is 78.9 cm³/mol. The second-order valence-electron chi connectivity index (χ2n) is 4.66. The van der Waals surface area contributed by atoms with Gasteiger partial charge in [-0.1, -0.05) is 45.4 Å². The summed E-state index contributed by atoms with van der Waals surface area (Å²) in [4.78, 5) is 24.3. The Kier molecular flexibility index (Phi) is 11.2. The molecule has 0 atom stereocenters. The number of nitrogens with zero attached hydrogens (tertiary/aromatic N) is 1. The molecule has 0 unspecified atom stereocenters. The fourth-order valence-corrected chi connectivity index (χ4v) is 2.13. The summed E-state index contributed by atoms with van der Waals surface area (Å²) in [5.41, 5.74) is 0. The number of rotatable bonds is 10. The molecule has 0 aliphatic heterocycles. The second kappa shape index (κ2) is 11.6. The van der Waals surface area contributed by atoms with E-state index >= 15 is 0 Å². The zero-order chi connectivity index (χ0) is 13.8. The van der Waals surface area contributed by atoms with E-state index < -0.39 is 0 Å². The number of carbonyl (C=O) groups is 2. The number of carbonyl (C=O) groups excluding carboxylic acids is 2. The van der Waals surface area contributed by atoms with Gasteiger partial charge in [-0.2, -0.15) is 12.6 Å². The van der Waals surface area contributed by atoms with Crippen molar-refractivity contribution in [2.75, 3.05) is 12.3 Å². The average molecular weight is 273 g/mol. The summed E-state index contributed by atoms with van der Waals surface area (Å²) >= 11 is 4.06. The van der Waals surface area contributed by atoms with Gasteiger partial charge < -0.3 is 0 Å². The van der Waals surface area contributed by atoms with Crippen molar-refractivity contribution < 1.29 is 9.59 Å². The lowest BCUT2D eigenvalue weighted by Gasteiger charge is -2.17. The molecule has 0 spiro atoms. The Bertz CT molecular complexity index is 244. The van der Waals surface area contributed by atoms with E-state index in [0.29, 0.717) is 18.7 Å². The molecule has 0 aliphatic carbocycles. The molecule has 0 rings (SSSR count). The van der Waals surface area contributed by atoms with Crippen LogP contribution in [0.2, 0.25) is 0 Å². The highest BCUT2D eigenvalue weighted by atomic mass is 32.1. The van der Waals surface area contributed by atoms with Gasteiger partial charge in [0.2, 0.25) is 11.8 Å². The van der Waals surface area contributed by atoms with E-state index in [1.165, 1.54) is 43.9 Å². The molecule has 106 valence electrons. The summed E-state index contributed by atoms with van der Waals surface area (Å²) in [5.74, 6) is 0.310. The van der Waals surface area contributed by atoms with E-state index in [2.05, 4.69) is 19.6 Å². The monoisotopic (exact) mass is 273 g/mol. The normalized spacial score (nSPS) is 10.4. The Hall–Kier alpha value is -0.510. The molecule has 0 N–H and O–H groups in total. The molecule has 0 saturated carbocycles. The Morgan fingerprint density at radius 3 is 2.06 bits per heavy atom. The lowest BCUT2D eigenvalue weighted by molar-refractivity contribution is -0.143. The molecule has 0 radical (unpaired) electrons. The maximum Gasteiger partial charge on any atom is 0.229 e. The van der Waals surface area contributed by atoms with Gasteiger partial charge in [-0.25, -0.2) is 0 Å². The largest absolute Gasteiger partial charge is 0.282 e. The SMILES string of the molecule is CCCCCCCCCC(=O)N(CCS)C(C)=O. The number of hydrogen-bond donors (Lipinski definition) is 1. The molecule has 0 aromatic rings. The van der Waals surface area contributed by atoms with Crippen LogP contribution in [-0.2, 0) is 9.59 Å². The quantitative estimate of drug-likeness (QED) is 0.489. The second-order valence-corrected chi connectivity index (χ2v) is 5.11. The molecule has 0 bridgehead atoms. The number of thiol groups is 1. The van der Waals surface area contributed by atoms with Crippen molar-refractivity contribution in [1.29, 1.82) is 0 Å². The molecular formula is C14H27NO2S. The third kappa shape index (κ3) is 8.56. The van der Waals surface area contributed by atoms with E-state index in [0.717, 1.165) is 12.8 Å². The zero-order valence-electron chi connectivity index (χ0n) is 11.8. The predicted octanol–water partition coefficient (Wildman–Crippen LogP) is 3.43. The molecule has 0 saturated heterocycles. The lowest BCUT2D eigenvalue weighted by atomic mass is 10.1. The van der Waals surface area contributed by atoms with Crippen molar-refractivity contribution in [3.8, 4) is 0 Å². The number of hydrogen-bond acceptors (Lipinski definition) is 3. The minimum atomic E-state index is -0.169. The highest BCUT2D eigenvalue weighted by Crippen LogP contribution is 2.09. The maximum atomic E-state index is 11.8. The van der Waals surface area contributed by atoms with E-state index in [-0.39, 0.29) is 11.8 Å². The van der Waals surface area contributed by atoms with E-state index in [4.69, 9.17) is 0 Å². The summed E-state index contributed by atoms with van der Waals surface area (Å²) < 4.78 is 0. The van der Waals surface area contributed by atoms with Crippen molar-refractivity contribution in [1.82, 2.24) is 4.90 Å². The first-order valence-corrected chi connectivity index (χ1v) is 7.68. The van der Waals surface area contributed by atoms with Gasteiger partial charge in [0.1, 0.15) is 0 Å². The molecule has 0 aromatic carbocycles. The summed E-state index contributed by atoms with van der Waals surface area (Å²) in [6.07, 6.45) is 8.78. The molecule has 0 heterocycles. The highest BCUT2D eigenvalue weighted by Gasteiger charge is 2.15. The van der Waals surface area contributed by atoms with Gasteiger partial charge in [-0.15, -0.1) is 0 Å². The third-order valence-electron chi connectivity index (χ3n) is 3.00. The van der Waals surface area contributed by atoms with Crippen LogP contribution in [0.5, 0.6) is 0 Å². The summed E-state index contributed by atoms with van der Waals surface area (Å²) in [5, 5.41) is 0. The molecule has 4 heteroatoms. The Labute approximate surface area is 117 Å². The first kappa shape index (κ1) is 17.5. The van der Waals surface area contributed by atoms with Gasteiger partial charge in [0.25, 0.3) is 0 Å². The molecule has 18 heavy (non-hydrogen) atoms. The van der Waals surface area contributed by atoms with Crippen molar-refractivity contribution in [3.63, 3.8) is 0 Å². The van der Waals surface area contributed by atoms with Crippen LogP contribution in [0.3, 0.4) is 0 Å². The van der Waals surface area contributed by atoms with Crippen LogP contribution in [0.15, 0.2) is 0 Å². The number of unbranched alkanes of at least 4 members (excludes halogenated alkanes) is 6. The van der Waals surface area contributed by atoms with Crippen LogP contribution in [0.4, 0.5) is 0 Å². The van der Waals surface area contributed by atoms with E-state index in [1.807, 2.05) is 0 Å². The van der Waals surface area contributed by atoms with Crippen LogP contribution in [0, 0.1) is 0 Å². The average Bonchev–Trinajstić information content (AvgIpc) is 2.34. The minimum absolute atomic E-state index is 0.0508. The van der Waals surface area contributed by atoms with Crippen molar-refractivity contribution in [2.24, 2.45) is 0 Å². The van der Waals surface area contributed by atoms with E-state index in [9.17, 15) is 9.59 Å². The van der Waals surface area contributed by atoms with Crippen molar-refractivity contribution in [3.05, 3.63) is 0 Å². The first-order chi connectivity index (χ1) is 8.63. The third-order valence-corrected chi connectivity index (χ3v) is 3.20. The first-order valence-electron chi connectivity index (χ1n) is 7.05. The molecular weight excluding hydrogens is 246 g/mol. The van der Waals surface area contributed by atoms with Crippen LogP contribution < -0.4 is 0 Å². The van der Waals surface area contributed by atoms with Gasteiger partial charge in [-0.05, 0) is 6.42 Å². The van der Waals surface area contributed by atoms with Gasteiger partial charge in [-0.3, -0.25) is 14.5 Å². The smallest absolute Gasteiger partial charge is 0.229 e. The maximum absolute atomic E-state index is 11.8. The van der Waals surface area contributed by atoms with Gasteiger partial charge >= 0.3 is 0 Å². The lowest BCUT2D eigenvalue weighted by Crippen LogP contribution is -2.36. The van der Waals surface area contributed by atoms with Gasteiger partial charge in [0.15, 0.2) is 0 Å². The molecule has 2 amide bonds. The van der Waals surface area contributed by atoms with Crippen molar-refractivity contribution >= 4 is 24.4 Å². The fraction of sp³-hybridized carbons (Fsp3) is 0.857. The number of imide groups is 1. The zero-order valence-corrected chi connectivity index (χ0v) is 12.7. The summed E-state index contributed by atoms with van der Waals surface area (Å²) in [6.45, 7) is 4.07. The topological polar surface area (TPSA) is 37.4 Å². The van der Waals surface area contributed by atoms with Crippen LogP contribution >= 0.6 is 12.6 Å². The molecule has 0 aromatic heterocycles. The van der Waals surface area contributed by atoms with Crippen LogP contribution in [0.25, 0.3) is 0 Å². The fourth-order valence-electron chi connectivity index (χ4n) is 1.93. The Morgan fingerprint density at radius 1 is 1.00 bits per heavy atom. The van der Waals surface area contributed by atoms with Gasteiger partial charge in [0, 0.05) is 25.6 Å². The minimum Gasteiger partial charge on any atom is -0.282 e. The number of amides is 2. The Morgan fingerprint density at radius 2 is 1.56 bits per heavy atom. The molecule has 0 fully saturated rings. The summed E-state index contributed by atoms with van der Waals surface area (Å²) in [7, 11) is 0. The van der Waals surface area contributed by atoms with E-state index in [1.54, 1.807) is 0 Å². The molecule has 0 aliphatic rings. The van der Waals surface area contributed by atoms with Crippen LogP contribution in [0.1, 0.15) is 65.2 Å². The standard InChI is InChI=1S/C14H27NO2S/c1-3-4-5-6-7-8-9-10-14(17)15(11-12-18)13(2)16/h18H,3-12H2,1-2H3. The summed E-state index contributed by atoms with van der Waals surface area (Å²) in [6, 6.07) is 0. The van der Waals surface area contributed by atoms with Gasteiger partial charge in [0.05, 0.1) is 0 Å². The Balaban J connectivity index is 3.64. The van der Waals surface area contributed by atoms with Crippen LogP contribution in [-0.4, -0.2) is 29.0 Å². The molecule has 3 nitrogen and oxygen atoms in total.